The lowest BCUT2D eigenvalue weighted by atomic mass is 10.2. The molecular weight excluding hydrogens is 449 g/mol. The molecule has 8 heteroatoms. The molecule has 0 bridgehead atoms. The van der Waals surface area contributed by atoms with Gasteiger partial charge in [-0.25, -0.2) is 5.43 Å². The lowest BCUT2D eigenvalue weighted by Crippen LogP contribution is -2.35. The standard InChI is InChI=1S/C18H18IN3O4/c1-25-15-9-5-6-12(17(15)26-2)10-21-22-16(23)11-20-18(24)13-7-3-4-8-14(13)19/h3-10H,11H2,1-2H3,(H,20,24)(H,22,23)/b21-10+. The Bertz CT molecular complexity index is 824. The molecule has 0 saturated carbocycles. The van der Waals surface area contributed by atoms with Crippen molar-refractivity contribution in [1.82, 2.24) is 10.7 Å². The first kappa shape index (κ1) is 19.7. The van der Waals surface area contributed by atoms with E-state index in [1.807, 2.05) is 12.1 Å². The molecular formula is C18H18IN3O4. The molecule has 0 heterocycles. The van der Waals surface area contributed by atoms with Gasteiger partial charge in [-0.2, -0.15) is 5.10 Å². The highest BCUT2D eigenvalue weighted by Crippen LogP contribution is 2.29. The van der Waals surface area contributed by atoms with Crippen LogP contribution in [-0.4, -0.2) is 38.8 Å². The van der Waals surface area contributed by atoms with Gasteiger partial charge >= 0.3 is 0 Å². The number of ether oxygens (including phenoxy) is 2. The van der Waals surface area contributed by atoms with Gasteiger partial charge in [0.1, 0.15) is 0 Å². The molecule has 2 amide bonds. The van der Waals surface area contributed by atoms with Crippen LogP contribution >= 0.6 is 22.6 Å². The third-order valence-corrected chi connectivity index (χ3v) is 4.29. The summed E-state index contributed by atoms with van der Waals surface area (Å²) in [6, 6.07) is 12.4. The fraction of sp³-hybridized carbons (Fsp3) is 0.167. The van der Waals surface area contributed by atoms with E-state index in [1.54, 1.807) is 30.3 Å². The van der Waals surface area contributed by atoms with E-state index in [2.05, 4.69) is 38.4 Å². The number of carbonyl (C=O) groups is 2. The minimum absolute atomic E-state index is 0.184. The van der Waals surface area contributed by atoms with Gasteiger partial charge < -0.3 is 14.8 Å². The van der Waals surface area contributed by atoms with Crippen molar-refractivity contribution in [3.8, 4) is 11.5 Å². The summed E-state index contributed by atoms with van der Waals surface area (Å²) in [5.74, 6) is 0.318. The van der Waals surface area contributed by atoms with E-state index in [9.17, 15) is 9.59 Å². The number of nitrogens with one attached hydrogen (secondary N) is 2. The second-order valence-electron chi connectivity index (χ2n) is 5.04. The Morgan fingerprint density at radius 2 is 1.88 bits per heavy atom. The van der Waals surface area contributed by atoms with Crippen LogP contribution in [0.3, 0.4) is 0 Å². The van der Waals surface area contributed by atoms with E-state index in [0.29, 0.717) is 22.6 Å². The van der Waals surface area contributed by atoms with Crippen molar-refractivity contribution < 1.29 is 19.1 Å². The summed E-state index contributed by atoms with van der Waals surface area (Å²) in [5, 5.41) is 6.44. The zero-order chi connectivity index (χ0) is 18.9. The fourth-order valence-electron chi connectivity index (χ4n) is 2.13. The van der Waals surface area contributed by atoms with Crippen molar-refractivity contribution >= 4 is 40.6 Å². The Kier molecular flexibility index (Phi) is 7.39. The Morgan fingerprint density at radius 1 is 1.12 bits per heavy atom. The van der Waals surface area contributed by atoms with E-state index in [0.717, 1.165) is 3.57 Å². The highest BCUT2D eigenvalue weighted by molar-refractivity contribution is 14.1. The highest BCUT2D eigenvalue weighted by atomic mass is 127. The summed E-state index contributed by atoms with van der Waals surface area (Å²) in [6.07, 6.45) is 1.45. The molecule has 0 radical (unpaired) electrons. The number of para-hydroxylation sites is 1. The lowest BCUT2D eigenvalue weighted by molar-refractivity contribution is -0.120. The second-order valence-corrected chi connectivity index (χ2v) is 6.20. The van der Waals surface area contributed by atoms with Gasteiger partial charge in [-0.05, 0) is 46.9 Å². The maximum Gasteiger partial charge on any atom is 0.259 e. The maximum atomic E-state index is 12.1. The van der Waals surface area contributed by atoms with Crippen LogP contribution in [0.4, 0.5) is 0 Å². The Labute approximate surface area is 164 Å². The van der Waals surface area contributed by atoms with Crippen molar-refractivity contribution in [2.75, 3.05) is 20.8 Å². The summed E-state index contributed by atoms with van der Waals surface area (Å²) >= 11 is 2.07. The first-order valence-corrected chi connectivity index (χ1v) is 8.70. The molecule has 0 aromatic heterocycles. The molecule has 0 saturated heterocycles. The van der Waals surface area contributed by atoms with Crippen LogP contribution in [0.1, 0.15) is 15.9 Å². The molecule has 0 fully saturated rings. The van der Waals surface area contributed by atoms with Crippen molar-refractivity contribution in [3.05, 3.63) is 57.2 Å². The number of amides is 2. The monoisotopic (exact) mass is 467 g/mol. The molecule has 0 aliphatic rings. The predicted octanol–water partition coefficient (Wildman–Crippen LogP) is 2.19. The number of rotatable bonds is 7. The normalized spacial score (nSPS) is 10.4. The molecule has 0 spiro atoms. The zero-order valence-corrected chi connectivity index (χ0v) is 16.4. The zero-order valence-electron chi connectivity index (χ0n) is 14.3. The van der Waals surface area contributed by atoms with Crippen LogP contribution in [0, 0.1) is 3.57 Å². The van der Waals surface area contributed by atoms with Gasteiger partial charge in [0.2, 0.25) is 0 Å². The number of methoxy groups -OCH3 is 2. The quantitative estimate of drug-likeness (QED) is 0.371. The van der Waals surface area contributed by atoms with E-state index in [-0.39, 0.29) is 12.5 Å². The molecule has 0 unspecified atom stereocenters. The molecule has 7 nitrogen and oxygen atoms in total. The minimum Gasteiger partial charge on any atom is -0.493 e. The maximum absolute atomic E-state index is 12.1. The summed E-state index contributed by atoms with van der Waals surface area (Å²) in [4.78, 5) is 23.9. The third-order valence-electron chi connectivity index (χ3n) is 3.35. The van der Waals surface area contributed by atoms with Crippen LogP contribution in [0.25, 0.3) is 0 Å². The topological polar surface area (TPSA) is 89.0 Å². The number of hydrogen-bond acceptors (Lipinski definition) is 5. The summed E-state index contributed by atoms with van der Waals surface area (Å²) in [5.41, 5.74) is 3.53. The molecule has 0 aliphatic carbocycles. The molecule has 2 rings (SSSR count). The predicted molar refractivity (Wildman–Crippen MR) is 107 cm³/mol. The van der Waals surface area contributed by atoms with Gasteiger partial charge in [-0.1, -0.05) is 18.2 Å². The SMILES string of the molecule is COc1cccc(/C=N/NC(=O)CNC(=O)c2ccccc2I)c1OC. The summed E-state index contributed by atoms with van der Waals surface area (Å²) in [7, 11) is 3.06. The highest BCUT2D eigenvalue weighted by Gasteiger charge is 2.10. The average Bonchev–Trinajstić information content (AvgIpc) is 2.66. The molecule has 26 heavy (non-hydrogen) atoms. The molecule has 136 valence electrons. The van der Waals surface area contributed by atoms with Crippen LogP contribution in [0.5, 0.6) is 11.5 Å². The van der Waals surface area contributed by atoms with Gasteiger partial charge in [0.25, 0.3) is 11.8 Å². The number of hydrazone groups is 1. The van der Waals surface area contributed by atoms with Gasteiger partial charge in [-0.15, -0.1) is 0 Å². The Balaban J connectivity index is 1.90. The van der Waals surface area contributed by atoms with Gasteiger partial charge in [0.05, 0.1) is 32.5 Å². The van der Waals surface area contributed by atoms with Gasteiger partial charge in [0.15, 0.2) is 11.5 Å². The van der Waals surface area contributed by atoms with Crippen molar-refractivity contribution in [2.45, 2.75) is 0 Å². The van der Waals surface area contributed by atoms with Crippen molar-refractivity contribution in [2.24, 2.45) is 5.10 Å². The second kappa shape index (κ2) is 9.76. The first-order chi connectivity index (χ1) is 12.6. The van der Waals surface area contributed by atoms with Crippen LogP contribution < -0.4 is 20.2 Å². The number of carbonyl (C=O) groups excluding carboxylic acids is 2. The molecule has 2 N–H and O–H groups in total. The lowest BCUT2D eigenvalue weighted by Gasteiger charge is -2.09. The average molecular weight is 467 g/mol. The van der Waals surface area contributed by atoms with Crippen LogP contribution in [-0.2, 0) is 4.79 Å². The van der Waals surface area contributed by atoms with Crippen molar-refractivity contribution in [1.29, 1.82) is 0 Å². The Hall–Kier alpha value is -2.62. The van der Waals surface area contributed by atoms with E-state index in [1.165, 1.54) is 20.4 Å². The number of halogens is 1. The van der Waals surface area contributed by atoms with Gasteiger partial charge in [0, 0.05) is 9.13 Å². The first-order valence-electron chi connectivity index (χ1n) is 7.62. The van der Waals surface area contributed by atoms with E-state index >= 15 is 0 Å². The van der Waals surface area contributed by atoms with E-state index in [4.69, 9.17) is 9.47 Å². The Morgan fingerprint density at radius 3 is 2.58 bits per heavy atom. The molecule has 2 aromatic rings. The van der Waals surface area contributed by atoms with Crippen LogP contribution in [0.2, 0.25) is 0 Å². The molecule has 0 aliphatic heterocycles. The summed E-state index contributed by atoms with van der Waals surface area (Å²) in [6.45, 7) is -0.184. The molecule has 0 atom stereocenters. The fourth-order valence-corrected chi connectivity index (χ4v) is 2.76. The molecule has 2 aromatic carbocycles. The van der Waals surface area contributed by atoms with E-state index < -0.39 is 5.91 Å². The smallest absolute Gasteiger partial charge is 0.259 e. The minimum atomic E-state index is -0.442. The van der Waals surface area contributed by atoms with Crippen molar-refractivity contribution in [3.63, 3.8) is 0 Å². The van der Waals surface area contributed by atoms with Crippen LogP contribution in [0.15, 0.2) is 47.6 Å². The van der Waals surface area contributed by atoms with Gasteiger partial charge in [-0.3, -0.25) is 9.59 Å². The largest absolute Gasteiger partial charge is 0.493 e. The number of hydrogen-bond donors (Lipinski definition) is 2. The number of benzene rings is 2. The number of nitrogens with zero attached hydrogens (tertiary/aromatic N) is 1. The third kappa shape index (κ3) is 5.19. The summed E-state index contributed by atoms with van der Waals surface area (Å²) < 4.78 is 11.3.